The maximum absolute atomic E-state index is 12.9. The van der Waals surface area contributed by atoms with Gasteiger partial charge in [0.1, 0.15) is 0 Å². The fraction of sp³-hybridized carbons (Fsp3) is 0.632. The summed E-state index contributed by atoms with van der Waals surface area (Å²) in [5.74, 6) is -0.355. The number of unbranched alkanes of at least 4 members (excludes halogenated alkanes) is 1. The van der Waals surface area contributed by atoms with E-state index < -0.39 is 10.0 Å². The minimum Gasteiger partial charge on any atom is -0.465 e. The van der Waals surface area contributed by atoms with E-state index in [9.17, 15) is 13.2 Å². The molecule has 1 fully saturated rings. The van der Waals surface area contributed by atoms with Crippen LogP contribution in [-0.2, 0) is 32.4 Å². The van der Waals surface area contributed by atoms with Gasteiger partial charge in [-0.1, -0.05) is 19.4 Å². The van der Waals surface area contributed by atoms with Crippen molar-refractivity contribution in [1.82, 2.24) is 4.31 Å². The van der Waals surface area contributed by atoms with Crippen molar-refractivity contribution in [3.8, 4) is 0 Å². The lowest BCUT2D eigenvalue weighted by atomic mass is 9.98. The Bertz CT molecular complexity index is 721. The molecule has 1 saturated heterocycles. The first kappa shape index (κ1) is 18.4. The highest BCUT2D eigenvalue weighted by molar-refractivity contribution is 7.89. The van der Waals surface area contributed by atoms with Gasteiger partial charge in [-0.25, -0.2) is 8.42 Å². The molecule has 0 unspecified atom stereocenters. The molecule has 0 atom stereocenters. The van der Waals surface area contributed by atoms with Crippen LogP contribution in [-0.4, -0.2) is 38.4 Å². The molecular weight excluding hydrogens is 338 g/mol. The molecule has 0 amide bonds. The molecule has 2 aliphatic rings. The Morgan fingerprint density at radius 2 is 1.92 bits per heavy atom. The fourth-order valence-corrected chi connectivity index (χ4v) is 5.15. The molecule has 1 aromatic carbocycles. The topological polar surface area (TPSA) is 63.7 Å². The molecule has 1 aliphatic heterocycles. The third-order valence-corrected chi connectivity index (χ3v) is 7.13. The van der Waals surface area contributed by atoms with E-state index in [0.717, 1.165) is 37.7 Å². The second-order valence-corrected chi connectivity index (χ2v) is 8.92. The number of piperidine rings is 1. The Morgan fingerprint density at radius 1 is 1.20 bits per heavy atom. The van der Waals surface area contributed by atoms with Gasteiger partial charge in [0.05, 0.1) is 17.4 Å². The van der Waals surface area contributed by atoms with Gasteiger partial charge in [-0.15, -0.1) is 0 Å². The Labute approximate surface area is 150 Å². The number of esters is 1. The molecular formula is C19H27NO4S. The standard InChI is InChI=1S/C19H27NO4S/c1-2-3-13-24-19(21)16-9-11-20(12-10-16)25(22,23)18-8-7-15-5-4-6-17(15)14-18/h7-8,14,16H,2-6,9-13H2,1H3. The zero-order valence-corrected chi connectivity index (χ0v) is 15.7. The third kappa shape index (κ3) is 4.06. The van der Waals surface area contributed by atoms with Crippen molar-refractivity contribution in [2.75, 3.05) is 19.7 Å². The first-order valence-corrected chi connectivity index (χ1v) is 10.7. The van der Waals surface area contributed by atoms with E-state index in [0.29, 0.717) is 37.4 Å². The quantitative estimate of drug-likeness (QED) is 0.574. The van der Waals surface area contributed by atoms with Crippen LogP contribution < -0.4 is 0 Å². The maximum atomic E-state index is 12.9. The maximum Gasteiger partial charge on any atom is 0.309 e. The van der Waals surface area contributed by atoms with Crippen LogP contribution >= 0.6 is 0 Å². The molecule has 0 aromatic heterocycles. The summed E-state index contributed by atoms with van der Waals surface area (Å²) in [5, 5.41) is 0. The Kier molecular flexibility index (Phi) is 5.79. The van der Waals surface area contributed by atoms with E-state index >= 15 is 0 Å². The van der Waals surface area contributed by atoms with Gasteiger partial charge in [0.25, 0.3) is 0 Å². The van der Waals surface area contributed by atoms with E-state index in [4.69, 9.17) is 4.74 Å². The number of aryl methyl sites for hydroxylation is 2. The molecule has 6 heteroatoms. The van der Waals surface area contributed by atoms with Crippen LogP contribution in [0.3, 0.4) is 0 Å². The molecule has 3 rings (SSSR count). The van der Waals surface area contributed by atoms with E-state index in [2.05, 4.69) is 6.92 Å². The highest BCUT2D eigenvalue weighted by Crippen LogP contribution is 2.28. The van der Waals surface area contributed by atoms with Gasteiger partial charge >= 0.3 is 5.97 Å². The molecule has 0 saturated carbocycles. The predicted octanol–water partition coefficient (Wildman–Crippen LogP) is 2.92. The zero-order chi connectivity index (χ0) is 17.9. The first-order chi connectivity index (χ1) is 12.0. The molecule has 5 nitrogen and oxygen atoms in total. The number of carbonyl (C=O) groups excluding carboxylic acids is 1. The van der Waals surface area contributed by atoms with E-state index in [1.54, 1.807) is 6.07 Å². The number of hydrogen-bond acceptors (Lipinski definition) is 4. The number of sulfonamides is 1. The number of nitrogens with zero attached hydrogens (tertiary/aromatic N) is 1. The average Bonchev–Trinajstić information content (AvgIpc) is 3.09. The minimum absolute atomic E-state index is 0.177. The van der Waals surface area contributed by atoms with Crippen LogP contribution in [0.1, 0.15) is 50.2 Å². The Hall–Kier alpha value is -1.40. The van der Waals surface area contributed by atoms with Gasteiger partial charge in [-0.2, -0.15) is 4.31 Å². The van der Waals surface area contributed by atoms with Crippen molar-refractivity contribution in [3.05, 3.63) is 29.3 Å². The molecule has 0 spiro atoms. The van der Waals surface area contributed by atoms with Gasteiger partial charge in [0.2, 0.25) is 10.0 Å². The summed E-state index contributed by atoms with van der Waals surface area (Å²) in [6.45, 7) is 3.28. The van der Waals surface area contributed by atoms with Crippen molar-refractivity contribution in [2.45, 2.75) is 56.8 Å². The summed E-state index contributed by atoms with van der Waals surface area (Å²) >= 11 is 0. The molecule has 1 heterocycles. The molecule has 0 bridgehead atoms. The largest absolute Gasteiger partial charge is 0.465 e. The summed E-state index contributed by atoms with van der Waals surface area (Å²) in [7, 11) is -3.47. The third-order valence-electron chi connectivity index (χ3n) is 5.24. The van der Waals surface area contributed by atoms with Crippen molar-refractivity contribution in [1.29, 1.82) is 0 Å². The minimum atomic E-state index is -3.47. The number of fused-ring (bicyclic) bond motifs is 1. The summed E-state index contributed by atoms with van der Waals surface area (Å²) < 4.78 is 32.6. The number of hydrogen-bond donors (Lipinski definition) is 0. The average molecular weight is 365 g/mol. The van der Waals surface area contributed by atoms with Crippen molar-refractivity contribution in [2.24, 2.45) is 5.92 Å². The van der Waals surface area contributed by atoms with E-state index in [1.165, 1.54) is 9.87 Å². The van der Waals surface area contributed by atoms with Crippen LogP contribution in [0.2, 0.25) is 0 Å². The molecule has 138 valence electrons. The monoisotopic (exact) mass is 365 g/mol. The summed E-state index contributed by atoms with van der Waals surface area (Å²) in [6, 6.07) is 5.51. The predicted molar refractivity (Wildman–Crippen MR) is 95.8 cm³/mol. The van der Waals surface area contributed by atoms with Crippen LogP contribution in [0, 0.1) is 5.92 Å². The Morgan fingerprint density at radius 3 is 2.64 bits per heavy atom. The summed E-state index contributed by atoms with van der Waals surface area (Å²) in [4.78, 5) is 12.4. The fourth-order valence-electron chi connectivity index (χ4n) is 3.62. The number of rotatable bonds is 6. The lowest BCUT2D eigenvalue weighted by Crippen LogP contribution is -2.40. The second-order valence-electron chi connectivity index (χ2n) is 6.98. The lowest BCUT2D eigenvalue weighted by molar-refractivity contribution is -0.149. The molecule has 0 N–H and O–H groups in total. The van der Waals surface area contributed by atoms with Gasteiger partial charge in [-0.3, -0.25) is 4.79 Å². The molecule has 0 radical (unpaired) electrons. The lowest BCUT2D eigenvalue weighted by Gasteiger charge is -2.30. The van der Waals surface area contributed by atoms with Gasteiger partial charge < -0.3 is 4.74 Å². The highest BCUT2D eigenvalue weighted by atomic mass is 32.2. The van der Waals surface area contributed by atoms with Crippen molar-refractivity contribution in [3.63, 3.8) is 0 Å². The van der Waals surface area contributed by atoms with E-state index in [-0.39, 0.29) is 11.9 Å². The normalized spacial score (nSPS) is 18.9. The zero-order valence-electron chi connectivity index (χ0n) is 14.9. The highest BCUT2D eigenvalue weighted by Gasteiger charge is 2.33. The SMILES string of the molecule is CCCCOC(=O)C1CCN(S(=O)(=O)c2ccc3c(c2)CCC3)CC1. The first-order valence-electron chi connectivity index (χ1n) is 9.31. The summed E-state index contributed by atoms with van der Waals surface area (Å²) in [6.07, 6.45) is 6.04. The van der Waals surface area contributed by atoms with Crippen molar-refractivity contribution >= 4 is 16.0 Å². The van der Waals surface area contributed by atoms with Gasteiger partial charge in [0, 0.05) is 13.1 Å². The van der Waals surface area contributed by atoms with Crippen LogP contribution in [0.5, 0.6) is 0 Å². The Balaban J connectivity index is 1.61. The van der Waals surface area contributed by atoms with Crippen LogP contribution in [0.4, 0.5) is 0 Å². The van der Waals surface area contributed by atoms with Crippen LogP contribution in [0.25, 0.3) is 0 Å². The molecule has 1 aliphatic carbocycles. The van der Waals surface area contributed by atoms with Crippen LogP contribution in [0.15, 0.2) is 23.1 Å². The van der Waals surface area contributed by atoms with Gasteiger partial charge in [0.15, 0.2) is 0 Å². The van der Waals surface area contributed by atoms with Crippen molar-refractivity contribution < 1.29 is 17.9 Å². The summed E-state index contributed by atoms with van der Waals surface area (Å²) in [5.41, 5.74) is 2.43. The number of ether oxygens (including phenoxy) is 1. The number of carbonyl (C=O) groups is 1. The van der Waals surface area contributed by atoms with E-state index in [1.807, 2.05) is 12.1 Å². The smallest absolute Gasteiger partial charge is 0.309 e. The van der Waals surface area contributed by atoms with Gasteiger partial charge in [-0.05, 0) is 61.8 Å². The molecule has 25 heavy (non-hydrogen) atoms. The number of benzene rings is 1. The second kappa shape index (κ2) is 7.87. The molecule has 1 aromatic rings.